The Labute approximate surface area is 114 Å². The Balaban J connectivity index is 2.23. The molecule has 1 aliphatic rings. The average Bonchev–Trinajstić information content (AvgIpc) is 2.38. The first kappa shape index (κ1) is 14.3. The van der Waals surface area contributed by atoms with Crippen molar-refractivity contribution in [3.63, 3.8) is 0 Å². The summed E-state index contributed by atoms with van der Waals surface area (Å²) >= 11 is 0. The molecule has 1 heterocycles. The van der Waals surface area contributed by atoms with E-state index in [2.05, 4.69) is 16.8 Å². The zero-order valence-electron chi connectivity index (χ0n) is 11.9. The van der Waals surface area contributed by atoms with E-state index < -0.39 is 6.10 Å². The minimum atomic E-state index is -0.787. The predicted molar refractivity (Wildman–Crippen MR) is 76.0 cm³/mol. The van der Waals surface area contributed by atoms with Crippen LogP contribution in [0.15, 0.2) is 18.2 Å². The maximum Gasteiger partial charge on any atom is 0.131 e. The second kappa shape index (κ2) is 5.88. The van der Waals surface area contributed by atoms with Crippen LogP contribution in [0.5, 0.6) is 0 Å². The first-order valence-electron chi connectivity index (χ1n) is 6.88. The molecule has 1 aromatic rings. The zero-order chi connectivity index (χ0) is 14.0. The van der Waals surface area contributed by atoms with E-state index in [1.807, 2.05) is 13.1 Å². The molecule has 1 aromatic carbocycles. The molecular weight excluding hydrogens is 243 g/mol. The van der Waals surface area contributed by atoms with Crippen molar-refractivity contribution >= 4 is 5.69 Å². The highest BCUT2D eigenvalue weighted by Gasteiger charge is 2.24. The van der Waals surface area contributed by atoms with Crippen LogP contribution in [0.1, 0.15) is 31.4 Å². The van der Waals surface area contributed by atoms with Crippen molar-refractivity contribution in [2.75, 3.05) is 32.1 Å². The molecule has 1 aliphatic heterocycles. The Kier molecular flexibility index (Phi) is 4.42. The molecule has 0 bridgehead atoms. The van der Waals surface area contributed by atoms with Gasteiger partial charge in [0.25, 0.3) is 0 Å². The Morgan fingerprint density at radius 1 is 1.37 bits per heavy atom. The van der Waals surface area contributed by atoms with Crippen molar-refractivity contribution in [1.29, 1.82) is 0 Å². The summed E-state index contributed by atoms with van der Waals surface area (Å²) in [6, 6.07) is 5.43. The fourth-order valence-electron chi connectivity index (χ4n) is 2.83. The van der Waals surface area contributed by atoms with Crippen molar-refractivity contribution in [2.45, 2.75) is 31.9 Å². The van der Waals surface area contributed by atoms with Gasteiger partial charge in [0, 0.05) is 24.3 Å². The van der Waals surface area contributed by atoms with Crippen LogP contribution in [0.4, 0.5) is 10.1 Å². The smallest absolute Gasteiger partial charge is 0.131 e. The van der Waals surface area contributed by atoms with Crippen molar-refractivity contribution in [3.8, 4) is 0 Å². The Morgan fingerprint density at radius 2 is 2.00 bits per heavy atom. The van der Waals surface area contributed by atoms with Crippen LogP contribution >= 0.6 is 0 Å². The van der Waals surface area contributed by atoms with Crippen LogP contribution in [0.25, 0.3) is 0 Å². The van der Waals surface area contributed by atoms with Crippen molar-refractivity contribution in [2.24, 2.45) is 0 Å². The molecule has 1 saturated heterocycles. The third kappa shape index (κ3) is 3.07. The second-order valence-corrected chi connectivity index (χ2v) is 5.49. The average molecular weight is 266 g/mol. The lowest BCUT2D eigenvalue weighted by Crippen LogP contribution is -2.42. The van der Waals surface area contributed by atoms with Gasteiger partial charge in [-0.2, -0.15) is 0 Å². The van der Waals surface area contributed by atoms with Gasteiger partial charge in [0.2, 0.25) is 0 Å². The lowest BCUT2D eigenvalue weighted by molar-refractivity contribution is 0.194. The summed E-state index contributed by atoms with van der Waals surface area (Å²) in [4.78, 5) is 4.43. The highest BCUT2D eigenvalue weighted by atomic mass is 19.1. The molecule has 19 heavy (non-hydrogen) atoms. The molecule has 0 aromatic heterocycles. The van der Waals surface area contributed by atoms with Gasteiger partial charge in [-0.1, -0.05) is 6.07 Å². The largest absolute Gasteiger partial charge is 0.389 e. The second-order valence-electron chi connectivity index (χ2n) is 5.49. The number of hydrogen-bond acceptors (Lipinski definition) is 3. The highest BCUT2D eigenvalue weighted by Crippen LogP contribution is 2.31. The normalized spacial score (nSPS) is 19.4. The van der Waals surface area contributed by atoms with Gasteiger partial charge in [-0.05, 0) is 52.0 Å². The fourth-order valence-corrected chi connectivity index (χ4v) is 2.83. The molecule has 0 amide bonds. The number of rotatable bonds is 3. The van der Waals surface area contributed by atoms with Crippen LogP contribution in [0.2, 0.25) is 0 Å². The summed E-state index contributed by atoms with van der Waals surface area (Å²) in [5, 5.41) is 9.80. The summed E-state index contributed by atoms with van der Waals surface area (Å²) in [6.07, 6.45) is 1.36. The highest BCUT2D eigenvalue weighted by molar-refractivity contribution is 5.55. The van der Waals surface area contributed by atoms with Gasteiger partial charge < -0.3 is 14.9 Å². The molecule has 0 spiro atoms. The van der Waals surface area contributed by atoms with Crippen LogP contribution in [0.3, 0.4) is 0 Å². The molecule has 106 valence electrons. The molecule has 0 unspecified atom stereocenters. The predicted octanol–water partition coefficient (Wildman–Crippen LogP) is 2.41. The fraction of sp³-hybridized carbons (Fsp3) is 0.600. The first-order chi connectivity index (χ1) is 9.00. The third-order valence-corrected chi connectivity index (χ3v) is 4.06. The number of aliphatic hydroxyl groups excluding tert-OH is 1. The van der Waals surface area contributed by atoms with E-state index in [4.69, 9.17) is 0 Å². The van der Waals surface area contributed by atoms with E-state index in [0.29, 0.717) is 11.6 Å². The lowest BCUT2D eigenvalue weighted by Gasteiger charge is -2.37. The standard InChI is InChI=1S/C15H23FN2O/c1-11(19)15-13(16)5-4-6-14(15)18(3)12-7-9-17(2)10-8-12/h4-6,11-12,19H,7-10H2,1-3H3/t11-/m1/s1. The topological polar surface area (TPSA) is 26.7 Å². The number of aliphatic hydroxyl groups is 1. The Bertz CT molecular complexity index is 428. The van der Waals surface area contributed by atoms with Crippen molar-refractivity contribution in [1.82, 2.24) is 4.90 Å². The SMILES string of the molecule is C[C@@H](O)c1c(F)cccc1N(C)C1CCN(C)CC1. The van der Waals surface area contributed by atoms with Crippen LogP contribution < -0.4 is 4.90 Å². The van der Waals surface area contributed by atoms with Gasteiger partial charge in [0.1, 0.15) is 5.82 Å². The molecule has 1 atom stereocenters. The molecule has 1 fully saturated rings. The Morgan fingerprint density at radius 3 is 2.58 bits per heavy atom. The van der Waals surface area contributed by atoms with Crippen LogP contribution in [0, 0.1) is 5.82 Å². The minimum absolute atomic E-state index is 0.327. The third-order valence-electron chi connectivity index (χ3n) is 4.06. The summed E-state index contributed by atoms with van der Waals surface area (Å²) < 4.78 is 13.9. The van der Waals surface area contributed by atoms with Gasteiger partial charge in [0.05, 0.1) is 6.10 Å². The Hall–Kier alpha value is -1.13. The summed E-state index contributed by atoms with van der Waals surface area (Å²) in [6.45, 7) is 3.74. The van der Waals surface area contributed by atoms with E-state index in [9.17, 15) is 9.50 Å². The van der Waals surface area contributed by atoms with Gasteiger partial charge >= 0.3 is 0 Å². The lowest BCUT2D eigenvalue weighted by atomic mass is 10.0. The number of hydrogen-bond donors (Lipinski definition) is 1. The number of piperidine rings is 1. The van der Waals surface area contributed by atoms with Gasteiger partial charge in [-0.25, -0.2) is 4.39 Å². The zero-order valence-corrected chi connectivity index (χ0v) is 11.9. The van der Waals surface area contributed by atoms with E-state index in [0.717, 1.165) is 31.6 Å². The molecule has 1 N–H and O–H groups in total. The van der Waals surface area contributed by atoms with Gasteiger partial charge in [0.15, 0.2) is 0 Å². The monoisotopic (exact) mass is 266 g/mol. The summed E-state index contributed by atoms with van der Waals surface area (Å²) in [5.41, 5.74) is 1.22. The molecule has 3 nitrogen and oxygen atoms in total. The minimum Gasteiger partial charge on any atom is -0.389 e. The van der Waals surface area contributed by atoms with Crippen molar-refractivity contribution < 1.29 is 9.50 Å². The van der Waals surface area contributed by atoms with Gasteiger partial charge in [-0.15, -0.1) is 0 Å². The quantitative estimate of drug-likeness (QED) is 0.910. The molecular formula is C15H23FN2O. The molecule has 2 rings (SSSR count). The molecule has 0 aliphatic carbocycles. The molecule has 0 saturated carbocycles. The maximum absolute atomic E-state index is 13.9. The maximum atomic E-state index is 13.9. The number of likely N-dealkylation sites (tertiary alicyclic amines) is 1. The first-order valence-corrected chi connectivity index (χ1v) is 6.88. The van der Waals surface area contributed by atoms with Crippen LogP contribution in [-0.4, -0.2) is 43.2 Å². The van der Waals surface area contributed by atoms with E-state index in [1.54, 1.807) is 13.0 Å². The van der Waals surface area contributed by atoms with Crippen molar-refractivity contribution in [3.05, 3.63) is 29.6 Å². The van der Waals surface area contributed by atoms with E-state index in [1.165, 1.54) is 6.07 Å². The summed E-state index contributed by atoms with van der Waals surface area (Å²) in [7, 11) is 4.12. The van der Waals surface area contributed by atoms with E-state index >= 15 is 0 Å². The van der Waals surface area contributed by atoms with E-state index in [-0.39, 0.29) is 5.82 Å². The number of anilines is 1. The summed E-state index contributed by atoms with van der Waals surface area (Å²) in [5.74, 6) is -0.327. The number of halogens is 1. The van der Waals surface area contributed by atoms with Crippen LogP contribution in [-0.2, 0) is 0 Å². The number of benzene rings is 1. The molecule has 0 radical (unpaired) electrons. The number of nitrogens with zero attached hydrogens (tertiary/aromatic N) is 2. The molecule has 4 heteroatoms. The van der Waals surface area contributed by atoms with Gasteiger partial charge in [-0.3, -0.25) is 0 Å².